The molecular formula is C10H16ClN3O. The van der Waals surface area contributed by atoms with Crippen LogP contribution in [0.3, 0.4) is 0 Å². The summed E-state index contributed by atoms with van der Waals surface area (Å²) in [5.41, 5.74) is 0. The summed E-state index contributed by atoms with van der Waals surface area (Å²) in [5, 5.41) is -0.0322. The van der Waals surface area contributed by atoms with Gasteiger partial charge in [-0.05, 0) is 13.0 Å². The molecule has 84 valence electrons. The van der Waals surface area contributed by atoms with E-state index in [1.807, 2.05) is 24.9 Å². The molecule has 15 heavy (non-hydrogen) atoms. The number of alkyl halides is 1. The van der Waals surface area contributed by atoms with Crippen LogP contribution >= 0.6 is 11.6 Å². The van der Waals surface area contributed by atoms with Crippen molar-refractivity contribution in [1.29, 1.82) is 0 Å². The summed E-state index contributed by atoms with van der Waals surface area (Å²) in [6.45, 7) is 3.10. The summed E-state index contributed by atoms with van der Waals surface area (Å²) in [7, 11) is 3.59. The van der Waals surface area contributed by atoms with E-state index in [2.05, 4.69) is 9.97 Å². The third kappa shape index (κ3) is 4.01. The second-order valence-corrected chi connectivity index (χ2v) is 4.01. The molecule has 0 saturated heterocycles. The van der Waals surface area contributed by atoms with Crippen LogP contribution in [0.1, 0.15) is 5.82 Å². The summed E-state index contributed by atoms with van der Waals surface area (Å²) < 4.78 is 4.97. The van der Waals surface area contributed by atoms with Crippen LogP contribution in [0.5, 0.6) is 0 Å². The van der Waals surface area contributed by atoms with Crippen LogP contribution in [0, 0.1) is 6.92 Å². The molecule has 4 nitrogen and oxygen atoms in total. The largest absolute Gasteiger partial charge is 0.383 e. The van der Waals surface area contributed by atoms with Crippen LogP contribution < -0.4 is 4.90 Å². The van der Waals surface area contributed by atoms with E-state index < -0.39 is 0 Å². The molecule has 1 aromatic heterocycles. The van der Waals surface area contributed by atoms with Crippen molar-refractivity contribution in [2.75, 3.05) is 32.2 Å². The van der Waals surface area contributed by atoms with Gasteiger partial charge in [0.2, 0.25) is 0 Å². The van der Waals surface area contributed by atoms with E-state index in [9.17, 15) is 0 Å². The van der Waals surface area contributed by atoms with Crippen molar-refractivity contribution in [3.63, 3.8) is 0 Å². The molecular weight excluding hydrogens is 214 g/mol. The zero-order chi connectivity index (χ0) is 11.3. The van der Waals surface area contributed by atoms with E-state index in [1.165, 1.54) is 0 Å². The lowest BCUT2D eigenvalue weighted by Crippen LogP contribution is -2.29. The van der Waals surface area contributed by atoms with E-state index in [0.717, 1.165) is 11.6 Å². The first-order valence-corrected chi connectivity index (χ1v) is 5.21. The van der Waals surface area contributed by atoms with Gasteiger partial charge in [0, 0.05) is 26.9 Å². The number of nitrogens with zero attached hydrogens (tertiary/aromatic N) is 3. The number of aryl methyl sites for hydroxylation is 1. The van der Waals surface area contributed by atoms with Crippen LogP contribution in [-0.4, -0.2) is 42.7 Å². The number of methoxy groups -OCH3 is 1. The predicted octanol–water partition coefficient (Wildman–Crippen LogP) is 1.48. The van der Waals surface area contributed by atoms with E-state index >= 15 is 0 Å². The van der Waals surface area contributed by atoms with Crippen LogP contribution in [0.2, 0.25) is 0 Å². The number of ether oxygens (including phenoxy) is 1. The zero-order valence-corrected chi connectivity index (χ0v) is 10.0. The smallest absolute Gasteiger partial charge is 0.132 e. The average molecular weight is 230 g/mol. The molecule has 1 heterocycles. The van der Waals surface area contributed by atoms with E-state index in [-0.39, 0.29) is 5.38 Å². The minimum absolute atomic E-state index is 0.0322. The summed E-state index contributed by atoms with van der Waals surface area (Å²) in [6, 6.07) is 1.86. The first kappa shape index (κ1) is 12.2. The third-order valence-corrected chi connectivity index (χ3v) is 2.24. The molecule has 0 aliphatic carbocycles. The zero-order valence-electron chi connectivity index (χ0n) is 9.27. The second-order valence-electron chi connectivity index (χ2n) is 3.40. The Hall–Kier alpha value is -0.870. The Morgan fingerprint density at radius 2 is 2.33 bits per heavy atom. The van der Waals surface area contributed by atoms with Crippen molar-refractivity contribution in [2.45, 2.75) is 12.3 Å². The van der Waals surface area contributed by atoms with Gasteiger partial charge < -0.3 is 9.64 Å². The fourth-order valence-electron chi connectivity index (χ4n) is 1.28. The van der Waals surface area contributed by atoms with Gasteiger partial charge in [0.15, 0.2) is 0 Å². The predicted molar refractivity (Wildman–Crippen MR) is 61.6 cm³/mol. The summed E-state index contributed by atoms with van der Waals surface area (Å²) in [4.78, 5) is 10.3. The Bertz CT molecular complexity index is 308. The van der Waals surface area contributed by atoms with Gasteiger partial charge in [-0.25, -0.2) is 9.97 Å². The quantitative estimate of drug-likeness (QED) is 0.717. The van der Waals surface area contributed by atoms with Crippen molar-refractivity contribution < 1.29 is 4.74 Å². The van der Waals surface area contributed by atoms with Crippen molar-refractivity contribution in [3.05, 3.63) is 18.1 Å². The van der Waals surface area contributed by atoms with E-state index in [1.54, 1.807) is 13.3 Å². The van der Waals surface area contributed by atoms with Gasteiger partial charge in [0.05, 0.1) is 12.0 Å². The first-order valence-electron chi connectivity index (χ1n) is 4.77. The highest BCUT2D eigenvalue weighted by Crippen LogP contribution is 2.09. The molecule has 1 unspecified atom stereocenters. The maximum absolute atomic E-state index is 6.06. The van der Waals surface area contributed by atoms with Crippen molar-refractivity contribution in [1.82, 2.24) is 9.97 Å². The minimum atomic E-state index is -0.0322. The molecule has 1 aromatic rings. The topological polar surface area (TPSA) is 38.2 Å². The Balaban J connectivity index is 2.56. The molecule has 0 aliphatic heterocycles. The van der Waals surface area contributed by atoms with E-state index in [0.29, 0.717) is 13.2 Å². The standard InChI is InChI=1S/C10H16ClN3O/c1-8-12-5-4-10(13-8)14(2)6-9(11)7-15-3/h4-5,9H,6-7H2,1-3H3. The highest BCUT2D eigenvalue weighted by atomic mass is 35.5. The fraction of sp³-hybridized carbons (Fsp3) is 0.600. The van der Waals surface area contributed by atoms with Gasteiger partial charge in [0.25, 0.3) is 0 Å². The molecule has 0 spiro atoms. The maximum Gasteiger partial charge on any atom is 0.132 e. The lowest BCUT2D eigenvalue weighted by molar-refractivity contribution is 0.199. The molecule has 0 bridgehead atoms. The van der Waals surface area contributed by atoms with Gasteiger partial charge in [-0.3, -0.25) is 0 Å². The molecule has 0 radical (unpaired) electrons. The van der Waals surface area contributed by atoms with Gasteiger partial charge in [-0.15, -0.1) is 11.6 Å². The van der Waals surface area contributed by atoms with Crippen LogP contribution in [0.4, 0.5) is 5.82 Å². The second kappa shape index (κ2) is 5.88. The van der Waals surface area contributed by atoms with Crippen LogP contribution in [-0.2, 0) is 4.74 Å². The molecule has 1 atom stereocenters. The van der Waals surface area contributed by atoms with Crippen molar-refractivity contribution in [3.8, 4) is 0 Å². The molecule has 0 fully saturated rings. The van der Waals surface area contributed by atoms with E-state index in [4.69, 9.17) is 16.3 Å². The van der Waals surface area contributed by atoms with Crippen LogP contribution in [0.15, 0.2) is 12.3 Å². The SMILES string of the molecule is COCC(Cl)CN(C)c1ccnc(C)n1. The summed E-state index contributed by atoms with van der Waals surface area (Å²) in [6.07, 6.45) is 1.74. The number of anilines is 1. The van der Waals surface area contributed by atoms with Crippen molar-refractivity contribution in [2.24, 2.45) is 0 Å². The van der Waals surface area contributed by atoms with Gasteiger partial charge in [-0.1, -0.05) is 0 Å². The molecule has 1 rings (SSSR count). The summed E-state index contributed by atoms with van der Waals surface area (Å²) in [5.74, 6) is 1.64. The molecule has 0 amide bonds. The molecule has 0 saturated carbocycles. The summed E-state index contributed by atoms with van der Waals surface area (Å²) >= 11 is 6.06. The van der Waals surface area contributed by atoms with Gasteiger partial charge in [-0.2, -0.15) is 0 Å². The average Bonchev–Trinajstić information content (AvgIpc) is 2.18. The monoisotopic (exact) mass is 229 g/mol. The van der Waals surface area contributed by atoms with Gasteiger partial charge in [0.1, 0.15) is 11.6 Å². The molecule has 0 aromatic carbocycles. The Labute approximate surface area is 95.2 Å². The van der Waals surface area contributed by atoms with Crippen molar-refractivity contribution >= 4 is 17.4 Å². The fourth-order valence-corrected chi connectivity index (χ4v) is 1.61. The van der Waals surface area contributed by atoms with Gasteiger partial charge >= 0.3 is 0 Å². The first-order chi connectivity index (χ1) is 7.13. The number of rotatable bonds is 5. The lowest BCUT2D eigenvalue weighted by Gasteiger charge is -2.20. The number of hydrogen-bond acceptors (Lipinski definition) is 4. The Morgan fingerprint density at radius 3 is 2.93 bits per heavy atom. The molecule has 0 aliphatic rings. The van der Waals surface area contributed by atoms with Crippen LogP contribution in [0.25, 0.3) is 0 Å². The molecule has 5 heteroatoms. The Kier molecular flexibility index (Phi) is 4.78. The highest BCUT2D eigenvalue weighted by molar-refractivity contribution is 6.21. The minimum Gasteiger partial charge on any atom is -0.383 e. The third-order valence-electron chi connectivity index (χ3n) is 1.97. The number of halogens is 1. The highest BCUT2D eigenvalue weighted by Gasteiger charge is 2.09. The number of aromatic nitrogens is 2. The maximum atomic E-state index is 6.06. The normalized spacial score (nSPS) is 12.5. The number of hydrogen-bond donors (Lipinski definition) is 0. The molecule has 0 N–H and O–H groups in total. The Morgan fingerprint density at radius 1 is 1.60 bits per heavy atom. The lowest BCUT2D eigenvalue weighted by atomic mass is 10.4.